The molecule has 0 aliphatic rings. The highest BCUT2D eigenvalue weighted by atomic mass is 19.1. The van der Waals surface area contributed by atoms with E-state index < -0.39 is 17.5 Å². The number of nitrogens with one attached hydrogen (secondary N) is 1. The highest BCUT2D eigenvalue weighted by molar-refractivity contribution is 5.97. The predicted octanol–water partition coefficient (Wildman–Crippen LogP) is 1.17. The second-order valence-electron chi connectivity index (χ2n) is 5.02. The minimum absolute atomic E-state index is 0.0525. The third-order valence-corrected chi connectivity index (χ3v) is 3.24. The minimum atomic E-state index is -0.581. The van der Waals surface area contributed by atoms with Gasteiger partial charge in [0.1, 0.15) is 5.82 Å². The van der Waals surface area contributed by atoms with E-state index in [1.807, 2.05) is 13.8 Å². The fourth-order valence-corrected chi connectivity index (χ4v) is 1.44. The van der Waals surface area contributed by atoms with Crippen LogP contribution < -0.4 is 11.1 Å². The molecule has 1 rings (SSSR count). The molecule has 0 fully saturated rings. The van der Waals surface area contributed by atoms with E-state index in [2.05, 4.69) is 10.5 Å². The summed E-state index contributed by atoms with van der Waals surface area (Å²) in [6.45, 7) is 5.54. The standard InChI is InChI=1S/C13H20FN3O2/c1-8(18)13(2,3)16-7-9-5-4-6-10(11(9)14)12(15)17-19/h4-6,8,16,18-19H,7H2,1-3H3,(H2,15,17). The van der Waals surface area contributed by atoms with Crippen LogP contribution >= 0.6 is 0 Å². The molecule has 1 atom stereocenters. The summed E-state index contributed by atoms with van der Waals surface area (Å²) in [5.41, 5.74) is 5.29. The van der Waals surface area contributed by atoms with Gasteiger partial charge >= 0.3 is 0 Å². The normalized spacial score (nSPS) is 14.5. The van der Waals surface area contributed by atoms with E-state index in [1.54, 1.807) is 19.1 Å². The monoisotopic (exact) mass is 269 g/mol. The molecule has 0 heterocycles. The summed E-state index contributed by atoms with van der Waals surface area (Å²) in [5.74, 6) is -0.805. The van der Waals surface area contributed by atoms with Crippen molar-refractivity contribution in [2.45, 2.75) is 39.0 Å². The maximum atomic E-state index is 14.1. The molecule has 5 N–H and O–H groups in total. The Bertz CT molecular complexity index is 473. The highest BCUT2D eigenvalue weighted by Crippen LogP contribution is 2.15. The lowest BCUT2D eigenvalue weighted by molar-refractivity contribution is 0.0954. The van der Waals surface area contributed by atoms with Crippen LogP contribution in [0.1, 0.15) is 31.9 Å². The molecule has 5 nitrogen and oxygen atoms in total. The number of benzene rings is 1. The molecule has 0 aliphatic heterocycles. The fourth-order valence-electron chi connectivity index (χ4n) is 1.44. The number of oxime groups is 1. The van der Waals surface area contributed by atoms with Gasteiger partial charge in [0.25, 0.3) is 0 Å². The first-order valence-corrected chi connectivity index (χ1v) is 5.98. The molecular weight excluding hydrogens is 249 g/mol. The number of nitrogens with two attached hydrogens (primary N) is 1. The SMILES string of the molecule is CC(O)C(C)(C)NCc1cccc(/C(N)=N/O)c1F. The molecule has 0 amide bonds. The molecule has 0 aliphatic carbocycles. The molecule has 6 heteroatoms. The number of hydrogen-bond acceptors (Lipinski definition) is 4. The van der Waals surface area contributed by atoms with Gasteiger partial charge in [-0.15, -0.1) is 0 Å². The van der Waals surface area contributed by atoms with Gasteiger partial charge in [-0.3, -0.25) is 0 Å². The number of rotatable bonds is 5. The summed E-state index contributed by atoms with van der Waals surface area (Å²) >= 11 is 0. The Morgan fingerprint density at radius 3 is 2.68 bits per heavy atom. The van der Waals surface area contributed by atoms with Crippen LogP contribution in [0.15, 0.2) is 23.4 Å². The molecular formula is C13H20FN3O2. The van der Waals surface area contributed by atoms with Gasteiger partial charge in [0.15, 0.2) is 5.84 Å². The molecule has 106 valence electrons. The second kappa shape index (κ2) is 5.99. The largest absolute Gasteiger partial charge is 0.409 e. The Balaban J connectivity index is 2.92. The average Bonchev–Trinajstić information content (AvgIpc) is 2.36. The molecule has 0 radical (unpaired) electrons. The van der Waals surface area contributed by atoms with Crippen molar-refractivity contribution in [3.05, 3.63) is 35.1 Å². The number of aliphatic hydroxyl groups excluding tert-OH is 1. The summed E-state index contributed by atoms with van der Waals surface area (Å²) in [6.07, 6.45) is -0.581. The third kappa shape index (κ3) is 3.65. The van der Waals surface area contributed by atoms with Crippen molar-refractivity contribution in [1.82, 2.24) is 5.32 Å². The van der Waals surface area contributed by atoms with Gasteiger partial charge < -0.3 is 21.4 Å². The van der Waals surface area contributed by atoms with Crippen LogP contribution in [0.4, 0.5) is 4.39 Å². The number of hydrogen-bond donors (Lipinski definition) is 4. The van der Waals surface area contributed by atoms with Crippen molar-refractivity contribution in [3.63, 3.8) is 0 Å². The number of aliphatic hydroxyl groups is 1. The third-order valence-electron chi connectivity index (χ3n) is 3.24. The van der Waals surface area contributed by atoms with Crippen LogP contribution in [0.2, 0.25) is 0 Å². The first-order valence-electron chi connectivity index (χ1n) is 5.98. The van der Waals surface area contributed by atoms with Gasteiger partial charge in [-0.1, -0.05) is 17.3 Å². The molecule has 0 bridgehead atoms. The van der Waals surface area contributed by atoms with E-state index in [1.165, 1.54) is 6.07 Å². The predicted molar refractivity (Wildman–Crippen MR) is 71.5 cm³/mol. The Labute approximate surface area is 111 Å². The van der Waals surface area contributed by atoms with E-state index in [0.29, 0.717) is 5.56 Å². The first-order chi connectivity index (χ1) is 8.79. The van der Waals surface area contributed by atoms with Gasteiger partial charge in [0.2, 0.25) is 0 Å². The summed E-state index contributed by atoms with van der Waals surface area (Å²) in [4.78, 5) is 0. The number of nitrogens with zero attached hydrogens (tertiary/aromatic N) is 1. The van der Waals surface area contributed by atoms with Crippen molar-refractivity contribution in [1.29, 1.82) is 0 Å². The number of amidine groups is 1. The quantitative estimate of drug-likeness (QED) is 0.279. The smallest absolute Gasteiger partial charge is 0.173 e. The molecule has 0 aromatic heterocycles. The molecule has 0 spiro atoms. The van der Waals surface area contributed by atoms with E-state index in [-0.39, 0.29) is 17.9 Å². The van der Waals surface area contributed by atoms with Gasteiger partial charge in [0.05, 0.1) is 11.7 Å². The lowest BCUT2D eigenvalue weighted by atomic mass is 9.98. The highest BCUT2D eigenvalue weighted by Gasteiger charge is 2.23. The van der Waals surface area contributed by atoms with Crippen LogP contribution in [-0.2, 0) is 6.54 Å². The maximum Gasteiger partial charge on any atom is 0.173 e. The van der Waals surface area contributed by atoms with Crippen molar-refractivity contribution in [2.75, 3.05) is 0 Å². The van der Waals surface area contributed by atoms with Crippen molar-refractivity contribution in [2.24, 2.45) is 10.9 Å². The Morgan fingerprint density at radius 2 is 2.16 bits per heavy atom. The Hall–Kier alpha value is -1.66. The second-order valence-corrected chi connectivity index (χ2v) is 5.02. The van der Waals surface area contributed by atoms with Gasteiger partial charge in [-0.2, -0.15) is 0 Å². The first kappa shape index (κ1) is 15.4. The fraction of sp³-hybridized carbons (Fsp3) is 0.462. The molecule has 1 aromatic carbocycles. The lowest BCUT2D eigenvalue weighted by Crippen LogP contribution is -2.47. The van der Waals surface area contributed by atoms with E-state index >= 15 is 0 Å². The summed E-state index contributed by atoms with van der Waals surface area (Å²) < 4.78 is 14.1. The molecule has 1 aromatic rings. The average molecular weight is 269 g/mol. The van der Waals surface area contributed by atoms with E-state index in [0.717, 1.165) is 0 Å². The van der Waals surface area contributed by atoms with Crippen LogP contribution in [0.5, 0.6) is 0 Å². The lowest BCUT2D eigenvalue weighted by Gasteiger charge is -2.29. The van der Waals surface area contributed by atoms with Crippen LogP contribution in [-0.4, -0.2) is 27.8 Å². The van der Waals surface area contributed by atoms with Gasteiger partial charge in [0, 0.05) is 17.6 Å². The zero-order valence-electron chi connectivity index (χ0n) is 11.3. The Morgan fingerprint density at radius 1 is 1.53 bits per heavy atom. The molecule has 0 saturated heterocycles. The molecule has 0 saturated carbocycles. The van der Waals surface area contributed by atoms with Gasteiger partial charge in [-0.25, -0.2) is 4.39 Å². The van der Waals surface area contributed by atoms with Crippen molar-refractivity contribution < 1.29 is 14.7 Å². The van der Waals surface area contributed by atoms with Crippen molar-refractivity contribution in [3.8, 4) is 0 Å². The maximum absolute atomic E-state index is 14.1. The summed E-state index contributed by atoms with van der Waals surface area (Å²) in [5, 5.41) is 24.0. The topological polar surface area (TPSA) is 90.9 Å². The van der Waals surface area contributed by atoms with E-state index in [9.17, 15) is 9.50 Å². The molecule has 19 heavy (non-hydrogen) atoms. The van der Waals surface area contributed by atoms with Gasteiger partial charge in [-0.05, 0) is 26.8 Å². The zero-order valence-corrected chi connectivity index (χ0v) is 11.3. The minimum Gasteiger partial charge on any atom is -0.409 e. The zero-order chi connectivity index (χ0) is 14.6. The van der Waals surface area contributed by atoms with E-state index in [4.69, 9.17) is 10.9 Å². The summed E-state index contributed by atoms with van der Waals surface area (Å²) in [7, 11) is 0. The number of halogens is 1. The van der Waals surface area contributed by atoms with Crippen LogP contribution in [0, 0.1) is 5.82 Å². The van der Waals surface area contributed by atoms with Crippen LogP contribution in [0.25, 0.3) is 0 Å². The van der Waals surface area contributed by atoms with Crippen molar-refractivity contribution >= 4 is 5.84 Å². The summed E-state index contributed by atoms with van der Waals surface area (Å²) in [6, 6.07) is 4.67. The molecule has 1 unspecified atom stereocenters. The van der Waals surface area contributed by atoms with Crippen LogP contribution in [0.3, 0.4) is 0 Å². The Kier molecular flexibility index (Phi) is 4.85.